The van der Waals surface area contributed by atoms with E-state index in [1.54, 1.807) is 4.90 Å². The van der Waals surface area contributed by atoms with E-state index in [1.807, 2.05) is 25.8 Å². The average Bonchev–Trinajstić information content (AvgIpc) is 3.22. The van der Waals surface area contributed by atoms with E-state index >= 15 is 0 Å². The van der Waals surface area contributed by atoms with Crippen molar-refractivity contribution in [2.45, 2.75) is 69.9 Å². The second-order valence-electron chi connectivity index (χ2n) is 9.83. The number of nitrogens with zero attached hydrogens (tertiary/aromatic N) is 4. The number of amides is 2. The van der Waals surface area contributed by atoms with E-state index in [9.17, 15) is 14.4 Å². The van der Waals surface area contributed by atoms with Gasteiger partial charge in [-0.15, -0.1) is 0 Å². The number of hydrogen-bond donors (Lipinski definition) is 1. The van der Waals surface area contributed by atoms with Crippen LogP contribution >= 0.6 is 11.8 Å². The molecule has 2 saturated heterocycles. The molecule has 33 heavy (non-hydrogen) atoms. The standard InChI is InChI=1S/C22H37N5O5S/c1-22(2,3)32-21(30)26-13-7-16(8-14-26)27-20(18(23)29)33-19(24-27)15-5-10-25(11-6-15)12-9-17(28)31-4/h15-16,20H,5-14H2,1-4H3,(H2,23,29). The summed E-state index contributed by atoms with van der Waals surface area (Å²) in [5.41, 5.74) is 5.20. The van der Waals surface area contributed by atoms with Gasteiger partial charge in [0, 0.05) is 25.6 Å². The fourth-order valence-corrected chi connectivity index (χ4v) is 5.63. The number of hydrazone groups is 1. The van der Waals surface area contributed by atoms with E-state index < -0.39 is 11.0 Å². The average molecular weight is 484 g/mol. The number of carbonyl (C=O) groups is 3. The van der Waals surface area contributed by atoms with Crippen molar-refractivity contribution in [2.24, 2.45) is 16.8 Å². The van der Waals surface area contributed by atoms with Gasteiger partial charge < -0.3 is 25.0 Å². The molecule has 1 unspecified atom stereocenters. The zero-order valence-corrected chi connectivity index (χ0v) is 20.9. The number of ether oxygens (including phenoxy) is 2. The molecule has 3 heterocycles. The monoisotopic (exact) mass is 483 g/mol. The zero-order chi connectivity index (χ0) is 24.2. The molecule has 0 spiro atoms. The summed E-state index contributed by atoms with van der Waals surface area (Å²) < 4.78 is 10.2. The molecule has 0 radical (unpaired) electrons. The lowest BCUT2D eigenvalue weighted by Gasteiger charge is -2.37. The normalized spacial score (nSPS) is 23.4. The number of methoxy groups -OCH3 is 1. The van der Waals surface area contributed by atoms with Gasteiger partial charge in [-0.2, -0.15) is 5.10 Å². The minimum atomic E-state index is -0.523. The fraction of sp³-hybridized carbons (Fsp3) is 0.818. The quantitative estimate of drug-likeness (QED) is 0.569. The van der Waals surface area contributed by atoms with E-state index in [-0.39, 0.29) is 29.9 Å². The number of hydrogen-bond acceptors (Lipinski definition) is 9. The van der Waals surface area contributed by atoms with Crippen molar-refractivity contribution < 1.29 is 23.9 Å². The van der Waals surface area contributed by atoms with E-state index in [0.29, 0.717) is 38.9 Å². The predicted octanol–water partition coefficient (Wildman–Crippen LogP) is 1.83. The van der Waals surface area contributed by atoms with Gasteiger partial charge in [0.1, 0.15) is 5.60 Å². The third kappa shape index (κ3) is 6.99. The summed E-state index contributed by atoms with van der Waals surface area (Å²) in [6, 6.07) is 0.0614. The highest BCUT2D eigenvalue weighted by Crippen LogP contribution is 2.37. The van der Waals surface area contributed by atoms with Gasteiger partial charge in [-0.05, 0) is 59.5 Å². The molecule has 0 aromatic carbocycles. The van der Waals surface area contributed by atoms with Crippen molar-refractivity contribution in [2.75, 3.05) is 39.8 Å². The van der Waals surface area contributed by atoms with Crippen LogP contribution in [0.15, 0.2) is 5.10 Å². The molecule has 0 aromatic heterocycles. The summed E-state index contributed by atoms with van der Waals surface area (Å²) >= 11 is 1.47. The molecule has 2 amide bonds. The molecular weight excluding hydrogens is 446 g/mol. The minimum absolute atomic E-state index is 0.0614. The Morgan fingerprint density at radius 2 is 1.73 bits per heavy atom. The lowest BCUT2D eigenvalue weighted by atomic mass is 9.98. The molecule has 0 saturated carbocycles. The first-order valence-electron chi connectivity index (χ1n) is 11.7. The van der Waals surface area contributed by atoms with Gasteiger partial charge >= 0.3 is 12.1 Å². The first-order chi connectivity index (χ1) is 15.6. The van der Waals surface area contributed by atoms with Gasteiger partial charge in [-0.3, -0.25) is 14.6 Å². The number of nitrogens with two attached hydrogens (primary N) is 1. The highest BCUT2D eigenvalue weighted by Gasteiger charge is 2.41. The molecule has 3 rings (SSSR count). The second kappa shape index (κ2) is 10.9. The molecule has 0 aromatic rings. The van der Waals surface area contributed by atoms with Crippen LogP contribution in [-0.4, -0.2) is 94.7 Å². The molecule has 2 fully saturated rings. The summed E-state index contributed by atoms with van der Waals surface area (Å²) in [5.74, 6) is -0.285. The summed E-state index contributed by atoms with van der Waals surface area (Å²) in [6.07, 6.45) is 3.40. The molecule has 186 valence electrons. The van der Waals surface area contributed by atoms with Crippen molar-refractivity contribution in [1.29, 1.82) is 0 Å². The Hall–Kier alpha value is -2.01. The topological polar surface area (TPSA) is 118 Å². The van der Waals surface area contributed by atoms with E-state index in [1.165, 1.54) is 18.9 Å². The van der Waals surface area contributed by atoms with E-state index in [2.05, 4.69) is 4.90 Å². The number of likely N-dealkylation sites (tertiary alicyclic amines) is 2. The van der Waals surface area contributed by atoms with Crippen LogP contribution in [0.2, 0.25) is 0 Å². The Labute approximate surface area is 200 Å². The van der Waals surface area contributed by atoms with Crippen molar-refractivity contribution in [3.05, 3.63) is 0 Å². The molecule has 0 bridgehead atoms. The molecular formula is C22H37N5O5S. The summed E-state index contributed by atoms with van der Waals surface area (Å²) in [7, 11) is 1.41. The minimum Gasteiger partial charge on any atom is -0.469 e. The smallest absolute Gasteiger partial charge is 0.410 e. The number of thioether (sulfide) groups is 1. The van der Waals surface area contributed by atoms with E-state index in [0.717, 1.165) is 31.0 Å². The van der Waals surface area contributed by atoms with Crippen LogP contribution < -0.4 is 5.73 Å². The molecule has 0 aliphatic carbocycles. The van der Waals surface area contributed by atoms with Crippen molar-refractivity contribution in [3.8, 4) is 0 Å². The zero-order valence-electron chi connectivity index (χ0n) is 20.1. The van der Waals surface area contributed by atoms with Gasteiger partial charge in [0.2, 0.25) is 0 Å². The maximum absolute atomic E-state index is 12.4. The SMILES string of the molecule is COC(=O)CCN1CCC(C2=NN(C3CCN(C(=O)OC(C)(C)C)CC3)C(C(N)=O)S2)CC1. The Balaban J connectivity index is 1.55. The highest BCUT2D eigenvalue weighted by atomic mass is 32.2. The lowest BCUT2D eigenvalue weighted by molar-refractivity contribution is -0.141. The first kappa shape index (κ1) is 25.6. The Kier molecular flexibility index (Phi) is 8.49. The van der Waals surface area contributed by atoms with Crippen LogP contribution in [0.1, 0.15) is 52.9 Å². The summed E-state index contributed by atoms with van der Waals surface area (Å²) in [6.45, 7) is 9.17. The Morgan fingerprint density at radius 3 is 2.27 bits per heavy atom. The molecule has 1 atom stereocenters. The van der Waals surface area contributed by atoms with Gasteiger partial charge in [0.25, 0.3) is 5.91 Å². The number of piperidine rings is 2. The second-order valence-corrected chi connectivity index (χ2v) is 10.9. The third-order valence-corrected chi connectivity index (χ3v) is 7.55. The molecule has 11 heteroatoms. The van der Waals surface area contributed by atoms with Crippen LogP contribution in [0, 0.1) is 5.92 Å². The maximum Gasteiger partial charge on any atom is 0.410 e. The number of primary amides is 1. The number of esters is 1. The summed E-state index contributed by atoms with van der Waals surface area (Å²) in [5, 5.41) is 7.21. The van der Waals surface area contributed by atoms with Crippen molar-refractivity contribution >= 4 is 34.8 Å². The number of rotatable bonds is 6. The van der Waals surface area contributed by atoms with Crippen molar-refractivity contribution in [1.82, 2.24) is 14.8 Å². The largest absolute Gasteiger partial charge is 0.469 e. The fourth-order valence-electron chi connectivity index (χ4n) is 4.39. The van der Waals surface area contributed by atoms with Crippen LogP contribution in [0.5, 0.6) is 0 Å². The third-order valence-electron chi connectivity index (χ3n) is 6.22. The van der Waals surface area contributed by atoms with Gasteiger partial charge in [-0.25, -0.2) is 4.79 Å². The van der Waals surface area contributed by atoms with Crippen LogP contribution in [0.25, 0.3) is 0 Å². The van der Waals surface area contributed by atoms with Crippen molar-refractivity contribution in [3.63, 3.8) is 0 Å². The molecule has 3 aliphatic rings. The summed E-state index contributed by atoms with van der Waals surface area (Å²) in [4.78, 5) is 39.9. The van der Waals surface area contributed by atoms with Crippen LogP contribution in [0.3, 0.4) is 0 Å². The lowest BCUT2D eigenvalue weighted by Crippen LogP contribution is -2.50. The van der Waals surface area contributed by atoms with E-state index in [4.69, 9.17) is 20.3 Å². The Morgan fingerprint density at radius 1 is 1.09 bits per heavy atom. The van der Waals surface area contributed by atoms with Crippen LogP contribution in [0.4, 0.5) is 4.79 Å². The highest BCUT2D eigenvalue weighted by molar-refractivity contribution is 8.15. The van der Waals surface area contributed by atoms with Crippen LogP contribution in [-0.2, 0) is 19.1 Å². The molecule has 3 aliphatic heterocycles. The Bertz CT molecular complexity index is 755. The molecule has 2 N–H and O–H groups in total. The van der Waals surface area contributed by atoms with Gasteiger partial charge in [0.15, 0.2) is 5.37 Å². The molecule has 10 nitrogen and oxygen atoms in total. The maximum atomic E-state index is 12.4. The number of carbonyl (C=O) groups excluding carboxylic acids is 3. The predicted molar refractivity (Wildman–Crippen MR) is 126 cm³/mol. The first-order valence-corrected chi connectivity index (χ1v) is 12.5. The van der Waals surface area contributed by atoms with Gasteiger partial charge in [-0.1, -0.05) is 11.8 Å². The van der Waals surface area contributed by atoms with Gasteiger partial charge in [0.05, 0.1) is 24.6 Å².